The molecule has 1 saturated heterocycles. The summed E-state index contributed by atoms with van der Waals surface area (Å²) in [6.45, 7) is 1.55. The minimum absolute atomic E-state index is 0.0428. The van der Waals surface area contributed by atoms with Gasteiger partial charge in [-0.1, -0.05) is 42.5 Å². The van der Waals surface area contributed by atoms with Crippen molar-refractivity contribution >= 4 is 27.7 Å². The van der Waals surface area contributed by atoms with Gasteiger partial charge in [-0.3, -0.25) is 4.79 Å². The maximum Gasteiger partial charge on any atom is 0.260 e. The van der Waals surface area contributed by atoms with E-state index in [0.717, 1.165) is 53.9 Å². The largest absolute Gasteiger partial charge is 0.484 e. The van der Waals surface area contributed by atoms with Gasteiger partial charge < -0.3 is 14.6 Å². The molecule has 0 atom stereocenters. The average molecular weight is 385 g/mol. The molecule has 1 amide bonds. The molecule has 2 heterocycles. The third-order valence-corrected chi connectivity index (χ3v) is 5.73. The predicted molar refractivity (Wildman–Crippen MR) is 114 cm³/mol. The van der Waals surface area contributed by atoms with Crippen LogP contribution in [0.1, 0.15) is 24.6 Å². The number of ether oxygens (including phenoxy) is 1. The summed E-state index contributed by atoms with van der Waals surface area (Å²) in [5.74, 6) is 2.17. The first-order valence-corrected chi connectivity index (χ1v) is 10.1. The maximum absolute atomic E-state index is 12.6. The third-order valence-electron chi connectivity index (χ3n) is 5.73. The Labute approximate surface area is 169 Å². The van der Waals surface area contributed by atoms with E-state index in [1.54, 1.807) is 0 Å². The van der Waals surface area contributed by atoms with Gasteiger partial charge in [-0.25, -0.2) is 4.98 Å². The van der Waals surface area contributed by atoms with Gasteiger partial charge in [0, 0.05) is 19.0 Å². The zero-order valence-electron chi connectivity index (χ0n) is 16.2. The van der Waals surface area contributed by atoms with E-state index in [1.807, 2.05) is 59.5 Å². The smallest absolute Gasteiger partial charge is 0.260 e. The number of rotatable bonds is 4. The summed E-state index contributed by atoms with van der Waals surface area (Å²) < 4.78 is 5.77. The number of nitrogens with zero attached hydrogens (tertiary/aromatic N) is 2. The van der Waals surface area contributed by atoms with Gasteiger partial charge in [0.1, 0.15) is 11.6 Å². The number of nitrogens with one attached hydrogen (secondary N) is 1. The van der Waals surface area contributed by atoms with Crippen LogP contribution >= 0.6 is 0 Å². The number of hydrogen-bond donors (Lipinski definition) is 1. The van der Waals surface area contributed by atoms with Crippen LogP contribution in [-0.4, -0.2) is 40.5 Å². The number of hydrogen-bond acceptors (Lipinski definition) is 3. The lowest BCUT2D eigenvalue weighted by molar-refractivity contribution is -0.134. The molecule has 1 fully saturated rings. The second-order valence-corrected chi connectivity index (χ2v) is 7.59. The van der Waals surface area contributed by atoms with Gasteiger partial charge in [0.05, 0.1) is 11.0 Å². The molecule has 3 aromatic carbocycles. The van der Waals surface area contributed by atoms with Crippen LogP contribution in [0.2, 0.25) is 0 Å². The van der Waals surface area contributed by atoms with Crippen molar-refractivity contribution in [3.8, 4) is 5.75 Å². The molecular weight excluding hydrogens is 362 g/mol. The Bertz CT molecular complexity index is 1130. The van der Waals surface area contributed by atoms with Crippen molar-refractivity contribution in [2.45, 2.75) is 18.8 Å². The highest BCUT2D eigenvalue weighted by molar-refractivity contribution is 5.84. The second-order valence-electron chi connectivity index (χ2n) is 7.59. The highest BCUT2D eigenvalue weighted by atomic mass is 16.5. The molecule has 4 aromatic rings. The van der Waals surface area contributed by atoms with Crippen LogP contribution in [0.15, 0.2) is 66.7 Å². The molecule has 1 N–H and O–H groups in total. The number of amides is 1. The number of aromatic nitrogens is 2. The van der Waals surface area contributed by atoms with Crippen molar-refractivity contribution in [3.05, 3.63) is 72.6 Å². The standard InChI is InChI=1S/C24H23N3O2/c28-23(16-29-20-10-9-17-5-1-2-6-19(17)15-20)27-13-11-18(12-14-27)24-25-21-7-3-4-8-22(21)26-24/h1-10,15,18H,11-14,16H2,(H,25,26). The minimum atomic E-state index is 0.0428. The van der Waals surface area contributed by atoms with Gasteiger partial charge in [0.15, 0.2) is 6.61 Å². The number of fused-ring (bicyclic) bond motifs is 2. The van der Waals surface area contributed by atoms with Gasteiger partial charge in [-0.05, 0) is 47.9 Å². The number of piperidine rings is 1. The SMILES string of the molecule is O=C(COc1ccc2ccccc2c1)N1CCC(c2nc3ccccc3[nH]2)CC1. The number of benzene rings is 3. The monoisotopic (exact) mass is 385 g/mol. The van der Waals surface area contributed by atoms with E-state index in [1.165, 1.54) is 5.39 Å². The molecule has 0 unspecified atom stereocenters. The van der Waals surface area contributed by atoms with E-state index in [-0.39, 0.29) is 12.5 Å². The highest BCUT2D eigenvalue weighted by Gasteiger charge is 2.26. The average Bonchev–Trinajstić information content (AvgIpc) is 3.22. The van der Waals surface area contributed by atoms with Crippen molar-refractivity contribution in [3.63, 3.8) is 0 Å². The Hall–Kier alpha value is -3.34. The summed E-state index contributed by atoms with van der Waals surface area (Å²) in [6, 6.07) is 22.2. The molecule has 146 valence electrons. The first kappa shape index (κ1) is 17.7. The zero-order chi connectivity index (χ0) is 19.6. The zero-order valence-corrected chi connectivity index (χ0v) is 16.2. The number of imidazole rings is 1. The van der Waals surface area contributed by atoms with Crippen LogP contribution < -0.4 is 4.74 Å². The molecular formula is C24H23N3O2. The number of carbonyl (C=O) groups excluding carboxylic acids is 1. The quantitative estimate of drug-likeness (QED) is 0.563. The Morgan fingerprint density at radius 2 is 1.76 bits per heavy atom. The molecule has 0 radical (unpaired) electrons. The molecule has 29 heavy (non-hydrogen) atoms. The maximum atomic E-state index is 12.6. The summed E-state index contributed by atoms with van der Waals surface area (Å²) in [6.07, 6.45) is 1.84. The van der Waals surface area contributed by atoms with Crippen LogP contribution in [0.5, 0.6) is 5.75 Å². The van der Waals surface area contributed by atoms with Crippen molar-refractivity contribution in [2.75, 3.05) is 19.7 Å². The predicted octanol–water partition coefficient (Wildman–Crippen LogP) is 4.50. The van der Waals surface area contributed by atoms with Crippen molar-refractivity contribution in [1.82, 2.24) is 14.9 Å². The lowest BCUT2D eigenvalue weighted by Gasteiger charge is -2.31. The summed E-state index contributed by atoms with van der Waals surface area (Å²) in [5, 5.41) is 2.28. The van der Waals surface area contributed by atoms with E-state index < -0.39 is 0 Å². The molecule has 1 aliphatic heterocycles. The molecule has 0 saturated carbocycles. The van der Waals surface area contributed by atoms with Crippen LogP contribution in [0.3, 0.4) is 0 Å². The summed E-state index contributed by atoms with van der Waals surface area (Å²) >= 11 is 0. The second kappa shape index (κ2) is 7.59. The van der Waals surface area contributed by atoms with E-state index >= 15 is 0 Å². The first-order valence-electron chi connectivity index (χ1n) is 10.1. The fourth-order valence-electron chi connectivity index (χ4n) is 4.06. The number of aromatic amines is 1. The van der Waals surface area contributed by atoms with Gasteiger partial charge >= 0.3 is 0 Å². The Morgan fingerprint density at radius 1 is 1.00 bits per heavy atom. The van der Waals surface area contributed by atoms with Crippen LogP contribution in [0.25, 0.3) is 21.8 Å². The Balaban J connectivity index is 1.17. The fraction of sp³-hybridized carbons (Fsp3) is 0.250. The van der Waals surface area contributed by atoms with Gasteiger partial charge in [0.25, 0.3) is 5.91 Å². The molecule has 0 bridgehead atoms. The Morgan fingerprint density at radius 3 is 2.59 bits per heavy atom. The fourth-order valence-corrected chi connectivity index (χ4v) is 4.06. The topological polar surface area (TPSA) is 58.2 Å². The Kier molecular flexibility index (Phi) is 4.64. The highest BCUT2D eigenvalue weighted by Crippen LogP contribution is 2.28. The van der Waals surface area contributed by atoms with Crippen molar-refractivity contribution < 1.29 is 9.53 Å². The molecule has 0 aliphatic carbocycles. The molecule has 1 aliphatic rings. The molecule has 5 nitrogen and oxygen atoms in total. The van der Waals surface area contributed by atoms with Crippen LogP contribution in [0, 0.1) is 0 Å². The molecule has 1 aromatic heterocycles. The minimum Gasteiger partial charge on any atom is -0.484 e. The molecule has 5 heteroatoms. The lowest BCUT2D eigenvalue weighted by Crippen LogP contribution is -2.40. The van der Waals surface area contributed by atoms with Gasteiger partial charge in [-0.15, -0.1) is 0 Å². The molecule has 5 rings (SSSR count). The first-order chi connectivity index (χ1) is 14.3. The van der Waals surface area contributed by atoms with Crippen molar-refractivity contribution in [1.29, 1.82) is 0 Å². The summed E-state index contributed by atoms with van der Waals surface area (Å²) in [5.41, 5.74) is 2.08. The normalized spacial score (nSPS) is 15.1. The van der Waals surface area contributed by atoms with E-state index in [0.29, 0.717) is 5.92 Å². The number of H-pyrrole nitrogens is 1. The van der Waals surface area contributed by atoms with E-state index in [2.05, 4.69) is 17.1 Å². The van der Waals surface area contributed by atoms with E-state index in [9.17, 15) is 4.79 Å². The van der Waals surface area contributed by atoms with Gasteiger partial charge in [0.2, 0.25) is 0 Å². The van der Waals surface area contributed by atoms with Crippen molar-refractivity contribution in [2.24, 2.45) is 0 Å². The molecule has 0 spiro atoms. The third kappa shape index (κ3) is 3.68. The number of para-hydroxylation sites is 2. The summed E-state index contributed by atoms with van der Waals surface area (Å²) in [4.78, 5) is 22.7. The number of likely N-dealkylation sites (tertiary alicyclic amines) is 1. The van der Waals surface area contributed by atoms with Crippen LogP contribution in [-0.2, 0) is 4.79 Å². The number of carbonyl (C=O) groups is 1. The van der Waals surface area contributed by atoms with Gasteiger partial charge in [-0.2, -0.15) is 0 Å². The van der Waals surface area contributed by atoms with Crippen LogP contribution in [0.4, 0.5) is 0 Å². The lowest BCUT2D eigenvalue weighted by atomic mass is 9.96. The van der Waals surface area contributed by atoms with E-state index in [4.69, 9.17) is 9.72 Å². The summed E-state index contributed by atoms with van der Waals surface area (Å²) in [7, 11) is 0.